The highest BCUT2D eigenvalue weighted by Gasteiger charge is 2.08. The summed E-state index contributed by atoms with van der Waals surface area (Å²) in [6, 6.07) is 10.1. The number of fused-ring (bicyclic) bond motifs is 1. The Morgan fingerprint density at radius 3 is 2.52 bits per heavy atom. The molecule has 0 aliphatic heterocycles. The zero-order chi connectivity index (χ0) is 21.1. The van der Waals surface area contributed by atoms with Crippen LogP contribution in [0, 0.1) is 0 Å². The van der Waals surface area contributed by atoms with Crippen molar-refractivity contribution in [3.05, 3.63) is 48.6 Å². The van der Waals surface area contributed by atoms with Crippen LogP contribution in [0.15, 0.2) is 48.6 Å². The minimum absolute atomic E-state index is 0.146. The van der Waals surface area contributed by atoms with Gasteiger partial charge in [0.05, 0.1) is 26.4 Å². The number of phenolic OH excluding ortho intramolecular Hbond substituents is 1. The molecule has 0 saturated heterocycles. The molecule has 2 rings (SSSR count). The first kappa shape index (κ1) is 22.2. The molecule has 8 heteroatoms. The molecule has 8 nitrogen and oxygen atoms in total. The second kappa shape index (κ2) is 11.7. The van der Waals surface area contributed by atoms with E-state index in [-0.39, 0.29) is 25.5 Å². The lowest BCUT2D eigenvalue weighted by molar-refractivity contribution is -0.140. The smallest absolute Gasteiger partial charge is 0.412 e. The predicted octanol–water partition coefficient (Wildman–Crippen LogP) is 2.79. The number of rotatable bonds is 11. The van der Waals surface area contributed by atoms with E-state index in [0.717, 1.165) is 10.8 Å². The second-order valence-corrected chi connectivity index (χ2v) is 6.12. The van der Waals surface area contributed by atoms with Gasteiger partial charge in [-0.1, -0.05) is 18.7 Å². The number of amides is 1. The van der Waals surface area contributed by atoms with Crippen molar-refractivity contribution in [2.75, 3.05) is 39.6 Å². The number of ether oxygens (including phenoxy) is 4. The lowest BCUT2D eigenvalue weighted by Gasteiger charge is -2.10. The highest BCUT2D eigenvalue weighted by Crippen LogP contribution is 2.28. The summed E-state index contributed by atoms with van der Waals surface area (Å²) in [6.45, 7) is 6.76. The predicted molar refractivity (Wildman–Crippen MR) is 107 cm³/mol. The van der Waals surface area contributed by atoms with Gasteiger partial charge in [-0.3, -0.25) is 0 Å². The summed E-state index contributed by atoms with van der Waals surface area (Å²) < 4.78 is 20.8. The third kappa shape index (κ3) is 7.81. The van der Waals surface area contributed by atoms with Crippen molar-refractivity contribution in [1.29, 1.82) is 0 Å². The fraction of sp³-hybridized carbons (Fsp3) is 0.333. The van der Waals surface area contributed by atoms with Crippen molar-refractivity contribution in [3.8, 4) is 11.5 Å². The van der Waals surface area contributed by atoms with Gasteiger partial charge in [-0.15, -0.1) is 0 Å². The maximum Gasteiger partial charge on any atom is 0.412 e. The lowest BCUT2D eigenvalue weighted by Crippen LogP contribution is -2.30. The fourth-order valence-corrected chi connectivity index (χ4v) is 2.33. The van der Waals surface area contributed by atoms with Crippen LogP contribution in [0.3, 0.4) is 0 Å². The molecule has 156 valence electrons. The Kier molecular flexibility index (Phi) is 8.94. The van der Waals surface area contributed by atoms with Gasteiger partial charge in [-0.25, -0.2) is 9.59 Å². The summed E-state index contributed by atoms with van der Waals surface area (Å²) in [4.78, 5) is 23.1. The molecule has 2 aromatic carbocycles. The molecular formula is C21H25NO7. The maximum absolute atomic E-state index is 11.9. The molecule has 0 fully saturated rings. The molecule has 2 N–H and O–H groups in total. The Morgan fingerprint density at radius 2 is 1.76 bits per heavy atom. The van der Waals surface area contributed by atoms with Gasteiger partial charge < -0.3 is 29.4 Å². The Morgan fingerprint density at radius 1 is 1.03 bits per heavy atom. The topological polar surface area (TPSA) is 103 Å². The molecule has 2 aromatic rings. The highest BCUT2D eigenvalue weighted by molar-refractivity contribution is 5.91. The van der Waals surface area contributed by atoms with Crippen LogP contribution in [0.4, 0.5) is 4.79 Å². The molecule has 0 atom stereocenters. The summed E-state index contributed by atoms with van der Waals surface area (Å²) in [5, 5.41) is 13.6. The number of nitrogens with one attached hydrogen (secondary N) is 1. The molecule has 29 heavy (non-hydrogen) atoms. The SMILES string of the molecule is C=C(C)C(=O)OCCOCCOCCNC(=O)Oc1cccc2cc(O)ccc12. The minimum atomic E-state index is -0.593. The van der Waals surface area contributed by atoms with Crippen LogP contribution in [0.2, 0.25) is 0 Å². The zero-order valence-corrected chi connectivity index (χ0v) is 16.3. The fourth-order valence-electron chi connectivity index (χ4n) is 2.33. The van der Waals surface area contributed by atoms with Crippen LogP contribution in [-0.4, -0.2) is 56.7 Å². The molecule has 0 aromatic heterocycles. The molecule has 0 heterocycles. The maximum atomic E-state index is 11.9. The van der Waals surface area contributed by atoms with Crippen LogP contribution < -0.4 is 10.1 Å². The first-order valence-electron chi connectivity index (χ1n) is 9.13. The number of benzene rings is 2. The molecule has 0 bridgehead atoms. The normalized spacial score (nSPS) is 10.5. The molecule has 0 aliphatic rings. The van der Waals surface area contributed by atoms with Gasteiger partial charge in [0.15, 0.2) is 0 Å². The first-order chi connectivity index (χ1) is 14.0. The van der Waals surface area contributed by atoms with Crippen LogP contribution in [-0.2, 0) is 19.0 Å². The number of phenols is 1. The number of esters is 1. The van der Waals surface area contributed by atoms with Crippen molar-refractivity contribution < 1.29 is 33.6 Å². The van der Waals surface area contributed by atoms with Gasteiger partial charge >= 0.3 is 12.1 Å². The molecule has 0 spiro atoms. The Bertz CT molecular complexity index is 850. The molecule has 1 amide bonds. The number of hydrogen-bond acceptors (Lipinski definition) is 7. The van der Waals surface area contributed by atoms with E-state index in [9.17, 15) is 14.7 Å². The van der Waals surface area contributed by atoms with E-state index in [1.807, 2.05) is 6.07 Å². The lowest BCUT2D eigenvalue weighted by atomic mass is 10.1. The van der Waals surface area contributed by atoms with E-state index in [4.69, 9.17) is 18.9 Å². The zero-order valence-electron chi connectivity index (χ0n) is 16.3. The van der Waals surface area contributed by atoms with Crippen LogP contribution in [0.5, 0.6) is 11.5 Å². The summed E-state index contributed by atoms with van der Waals surface area (Å²) in [6.07, 6.45) is -0.593. The molecular weight excluding hydrogens is 378 g/mol. The van der Waals surface area contributed by atoms with Crippen molar-refractivity contribution in [3.63, 3.8) is 0 Å². The van der Waals surface area contributed by atoms with Gasteiger partial charge in [0, 0.05) is 17.5 Å². The van der Waals surface area contributed by atoms with Gasteiger partial charge in [0.25, 0.3) is 0 Å². The van der Waals surface area contributed by atoms with Gasteiger partial charge in [0.1, 0.15) is 18.1 Å². The summed E-state index contributed by atoms with van der Waals surface area (Å²) in [7, 11) is 0. The van der Waals surface area contributed by atoms with Crippen LogP contribution in [0.1, 0.15) is 6.92 Å². The molecule has 0 unspecified atom stereocenters. The average Bonchev–Trinajstić information content (AvgIpc) is 2.69. The standard InChI is InChI=1S/C21H25NO7/c1-15(2)20(24)28-13-12-27-11-10-26-9-8-22-21(25)29-19-5-3-4-16-14-17(23)6-7-18(16)19/h3-7,14,23H,1,8-13H2,2H3,(H,22,25). The van der Waals surface area contributed by atoms with E-state index >= 15 is 0 Å². The van der Waals surface area contributed by atoms with Crippen LogP contribution >= 0.6 is 0 Å². The van der Waals surface area contributed by atoms with Crippen molar-refractivity contribution in [2.24, 2.45) is 0 Å². The average molecular weight is 403 g/mol. The van der Waals surface area contributed by atoms with E-state index in [1.54, 1.807) is 31.2 Å². The van der Waals surface area contributed by atoms with Crippen molar-refractivity contribution >= 4 is 22.8 Å². The Hall–Kier alpha value is -3.10. The summed E-state index contributed by atoms with van der Waals surface area (Å²) in [5.41, 5.74) is 0.346. The number of aromatic hydroxyl groups is 1. The summed E-state index contributed by atoms with van der Waals surface area (Å²) >= 11 is 0. The van der Waals surface area contributed by atoms with E-state index in [1.165, 1.54) is 6.07 Å². The van der Waals surface area contributed by atoms with E-state index < -0.39 is 12.1 Å². The van der Waals surface area contributed by atoms with Gasteiger partial charge in [-0.2, -0.15) is 0 Å². The molecule has 0 radical (unpaired) electrons. The van der Waals surface area contributed by atoms with Gasteiger partial charge in [0.2, 0.25) is 0 Å². The third-order valence-corrected chi connectivity index (χ3v) is 3.72. The number of carbonyl (C=O) groups excluding carboxylic acids is 2. The second-order valence-electron chi connectivity index (χ2n) is 6.12. The minimum Gasteiger partial charge on any atom is -0.508 e. The van der Waals surface area contributed by atoms with Gasteiger partial charge in [-0.05, 0) is 36.6 Å². The van der Waals surface area contributed by atoms with E-state index in [0.29, 0.717) is 31.1 Å². The largest absolute Gasteiger partial charge is 0.508 e. The Labute approximate surface area is 169 Å². The first-order valence-corrected chi connectivity index (χ1v) is 9.13. The third-order valence-electron chi connectivity index (χ3n) is 3.72. The van der Waals surface area contributed by atoms with Crippen LogP contribution in [0.25, 0.3) is 10.8 Å². The van der Waals surface area contributed by atoms with E-state index in [2.05, 4.69) is 11.9 Å². The van der Waals surface area contributed by atoms with Crippen molar-refractivity contribution in [1.82, 2.24) is 5.32 Å². The highest BCUT2D eigenvalue weighted by atomic mass is 16.6. The van der Waals surface area contributed by atoms with Crippen molar-refractivity contribution in [2.45, 2.75) is 6.92 Å². The Balaban J connectivity index is 1.56. The summed E-state index contributed by atoms with van der Waals surface area (Å²) in [5.74, 6) is 0.110. The molecule has 0 saturated carbocycles. The molecule has 0 aliphatic carbocycles. The monoisotopic (exact) mass is 403 g/mol. The quantitative estimate of drug-likeness (QED) is 0.338. The number of carbonyl (C=O) groups is 2. The number of hydrogen-bond donors (Lipinski definition) is 2.